The smallest absolute Gasteiger partial charge is 0.335 e. The van der Waals surface area contributed by atoms with Crippen LogP contribution in [0.15, 0.2) is 24.5 Å². The molecule has 1 heterocycles. The van der Waals surface area contributed by atoms with E-state index >= 15 is 0 Å². The SMILES string of the molecule is CCC(C(=O)ON)C(=O)c1ccncc1. The van der Waals surface area contributed by atoms with E-state index in [4.69, 9.17) is 5.90 Å². The van der Waals surface area contributed by atoms with Gasteiger partial charge in [-0.05, 0) is 18.6 Å². The van der Waals surface area contributed by atoms with Crippen molar-refractivity contribution in [3.05, 3.63) is 30.1 Å². The molecule has 0 aliphatic heterocycles. The summed E-state index contributed by atoms with van der Waals surface area (Å²) in [5.41, 5.74) is 0.433. The van der Waals surface area contributed by atoms with Gasteiger partial charge in [-0.1, -0.05) is 6.92 Å². The van der Waals surface area contributed by atoms with E-state index < -0.39 is 11.9 Å². The van der Waals surface area contributed by atoms with Crippen LogP contribution in [0.4, 0.5) is 0 Å². The first-order valence-corrected chi connectivity index (χ1v) is 4.55. The summed E-state index contributed by atoms with van der Waals surface area (Å²) < 4.78 is 0. The standard InChI is InChI=1S/C10H12N2O3/c1-2-8(10(14)15-11)9(13)7-3-5-12-6-4-7/h3-6,8H,2,11H2,1H3. The molecule has 1 unspecified atom stereocenters. The minimum absolute atomic E-state index is 0.296. The van der Waals surface area contributed by atoms with Crippen LogP contribution in [0.5, 0.6) is 0 Å². The molecule has 0 aliphatic carbocycles. The molecule has 0 amide bonds. The van der Waals surface area contributed by atoms with Crippen LogP contribution in [0.3, 0.4) is 0 Å². The van der Waals surface area contributed by atoms with Gasteiger partial charge in [0.1, 0.15) is 5.92 Å². The normalized spacial score (nSPS) is 11.9. The van der Waals surface area contributed by atoms with Gasteiger partial charge in [0.05, 0.1) is 0 Å². The number of hydrogen-bond acceptors (Lipinski definition) is 5. The molecule has 80 valence electrons. The Hall–Kier alpha value is -1.75. The van der Waals surface area contributed by atoms with E-state index in [0.717, 1.165) is 0 Å². The maximum absolute atomic E-state index is 11.8. The largest absolute Gasteiger partial charge is 0.373 e. The highest BCUT2D eigenvalue weighted by atomic mass is 16.7. The summed E-state index contributed by atoms with van der Waals surface area (Å²) in [5.74, 6) is 2.91. The summed E-state index contributed by atoms with van der Waals surface area (Å²) in [4.78, 5) is 30.8. The lowest BCUT2D eigenvalue weighted by Gasteiger charge is -2.09. The van der Waals surface area contributed by atoms with Gasteiger partial charge in [0.25, 0.3) is 0 Å². The summed E-state index contributed by atoms with van der Waals surface area (Å²) in [6.07, 6.45) is 3.35. The maximum Gasteiger partial charge on any atom is 0.335 e. The third-order valence-electron chi connectivity index (χ3n) is 2.09. The van der Waals surface area contributed by atoms with Crippen molar-refractivity contribution in [1.82, 2.24) is 4.98 Å². The molecule has 0 bridgehead atoms. The Labute approximate surface area is 87.2 Å². The molecule has 0 saturated heterocycles. The Balaban J connectivity index is 2.87. The molecule has 0 fully saturated rings. The van der Waals surface area contributed by atoms with Gasteiger partial charge in [0.15, 0.2) is 5.78 Å². The van der Waals surface area contributed by atoms with Gasteiger partial charge >= 0.3 is 5.97 Å². The minimum atomic E-state index is -0.836. The summed E-state index contributed by atoms with van der Waals surface area (Å²) in [7, 11) is 0. The molecule has 0 aromatic carbocycles. The number of rotatable bonds is 4. The predicted molar refractivity (Wildman–Crippen MR) is 52.6 cm³/mol. The average molecular weight is 208 g/mol. The highest BCUT2D eigenvalue weighted by Crippen LogP contribution is 2.12. The van der Waals surface area contributed by atoms with E-state index in [2.05, 4.69) is 9.82 Å². The Kier molecular flexibility index (Phi) is 3.93. The number of ketones is 1. The Bertz CT molecular complexity index is 351. The molecule has 1 aromatic rings. The maximum atomic E-state index is 11.8. The van der Waals surface area contributed by atoms with Crippen LogP contribution in [-0.4, -0.2) is 16.7 Å². The van der Waals surface area contributed by atoms with E-state index in [1.165, 1.54) is 12.4 Å². The molecule has 15 heavy (non-hydrogen) atoms. The van der Waals surface area contributed by atoms with Crippen LogP contribution in [-0.2, 0) is 9.63 Å². The van der Waals surface area contributed by atoms with Crippen molar-refractivity contribution in [3.8, 4) is 0 Å². The number of nitrogens with two attached hydrogens (primary N) is 1. The second-order valence-corrected chi connectivity index (χ2v) is 3.00. The number of carbonyl (C=O) groups is 2. The lowest BCUT2D eigenvalue weighted by molar-refractivity contribution is -0.147. The molecule has 0 aliphatic rings. The van der Waals surface area contributed by atoms with E-state index in [0.29, 0.717) is 12.0 Å². The van der Waals surface area contributed by atoms with Crippen molar-refractivity contribution >= 4 is 11.8 Å². The van der Waals surface area contributed by atoms with E-state index in [-0.39, 0.29) is 5.78 Å². The van der Waals surface area contributed by atoms with Crippen LogP contribution in [0.2, 0.25) is 0 Å². The first kappa shape index (κ1) is 11.3. The van der Waals surface area contributed by atoms with Crippen molar-refractivity contribution in [2.24, 2.45) is 11.8 Å². The molecular formula is C10H12N2O3. The molecule has 0 radical (unpaired) electrons. The number of pyridine rings is 1. The number of hydrogen-bond donors (Lipinski definition) is 1. The second kappa shape index (κ2) is 5.21. The van der Waals surface area contributed by atoms with Gasteiger partial charge in [0, 0.05) is 18.0 Å². The van der Waals surface area contributed by atoms with Crippen LogP contribution in [0, 0.1) is 5.92 Å². The first-order valence-electron chi connectivity index (χ1n) is 4.55. The predicted octanol–water partition coefficient (Wildman–Crippen LogP) is 0.707. The zero-order valence-electron chi connectivity index (χ0n) is 8.34. The van der Waals surface area contributed by atoms with Gasteiger partial charge in [0.2, 0.25) is 0 Å². The fourth-order valence-electron chi connectivity index (χ4n) is 1.26. The zero-order valence-corrected chi connectivity index (χ0v) is 8.34. The molecule has 0 saturated carbocycles. The Morgan fingerprint density at radius 2 is 2.07 bits per heavy atom. The lowest BCUT2D eigenvalue weighted by Crippen LogP contribution is -2.27. The third kappa shape index (κ3) is 2.60. The molecule has 5 heteroatoms. The summed E-state index contributed by atoms with van der Waals surface area (Å²) in [6.45, 7) is 1.72. The highest BCUT2D eigenvalue weighted by Gasteiger charge is 2.26. The number of Topliss-reactive ketones (excluding diaryl/α,β-unsaturated/α-hetero) is 1. The van der Waals surface area contributed by atoms with Gasteiger partial charge < -0.3 is 4.84 Å². The summed E-state index contributed by atoms with van der Waals surface area (Å²) in [6, 6.07) is 3.10. The fraction of sp³-hybridized carbons (Fsp3) is 0.300. The quantitative estimate of drug-likeness (QED) is 0.447. The van der Waals surface area contributed by atoms with Crippen molar-refractivity contribution in [3.63, 3.8) is 0 Å². The minimum Gasteiger partial charge on any atom is -0.373 e. The van der Waals surface area contributed by atoms with Crippen molar-refractivity contribution in [2.75, 3.05) is 0 Å². The summed E-state index contributed by atoms with van der Waals surface area (Å²) >= 11 is 0. The first-order chi connectivity index (χ1) is 7.20. The topological polar surface area (TPSA) is 82.3 Å². The molecule has 1 atom stereocenters. The Morgan fingerprint density at radius 1 is 1.47 bits per heavy atom. The highest BCUT2D eigenvalue weighted by molar-refractivity contribution is 6.08. The van der Waals surface area contributed by atoms with Crippen LogP contribution < -0.4 is 5.90 Å². The van der Waals surface area contributed by atoms with Crippen molar-refractivity contribution < 1.29 is 14.4 Å². The molecular weight excluding hydrogens is 196 g/mol. The van der Waals surface area contributed by atoms with Gasteiger partial charge in [-0.3, -0.25) is 9.78 Å². The van der Waals surface area contributed by atoms with E-state index in [1.807, 2.05) is 0 Å². The second-order valence-electron chi connectivity index (χ2n) is 3.00. The third-order valence-corrected chi connectivity index (χ3v) is 2.09. The monoisotopic (exact) mass is 208 g/mol. The number of nitrogens with zero attached hydrogens (tertiary/aromatic N) is 1. The Morgan fingerprint density at radius 3 is 2.53 bits per heavy atom. The van der Waals surface area contributed by atoms with Gasteiger partial charge in [-0.25, -0.2) is 4.79 Å². The van der Waals surface area contributed by atoms with Crippen molar-refractivity contribution in [1.29, 1.82) is 0 Å². The molecule has 2 N–H and O–H groups in total. The molecule has 0 spiro atoms. The summed E-state index contributed by atoms with van der Waals surface area (Å²) in [5, 5.41) is 0. The van der Waals surface area contributed by atoms with E-state index in [1.54, 1.807) is 19.1 Å². The molecule has 1 aromatic heterocycles. The van der Waals surface area contributed by atoms with Crippen LogP contribution in [0.1, 0.15) is 23.7 Å². The average Bonchev–Trinajstić information content (AvgIpc) is 2.30. The van der Waals surface area contributed by atoms with E-state index in [9.17, 15) is 9.59 Å². The lowest BCUT2D eigenvalue weighted by atomic mass is 9.96. The van der Waals surface area contributed by atoms with Gasteiger partial charge in [-0.2, -0.15) is 5.90 Å². The molecule has 5 nitrogen and oxygen atoms in total. The number of carbonyl (C=O) groups excluding carboxylic acids is 2. The van der Waals surface area contributed by atoms with Crippen LogP contribution >= 0.6 is 0 Å². The van der Waals surface area contributed by atoms with Crippen molar-refractivity contribution in [2.45, 2.75) is 13.3 Å². The zero-order chi connectivity index (χ0) is 11.3. The van der Waals surface area contributed by atoms with Gasteiger partial charge in [-0.15, -0.1) is 0 Å². The molecule has 1 rings (SSSR count). The van der Waals surface area contributed by atoms with Crippen LogP contribution in [0.25, 0.3) is 0 Å². The fourth-order valence-corrected chi connectivity index (χ4v) is 1.26. The number of aromatic nitrogens is 1.